The third-order valence-electron chi connectivity index (χ3n) is 4.52. The summed E-state index contributed by atoms with van der Waals surface area (Å²) in [6.07, 6.45) is 4.92. The summed E-state index contributed by atoms with van der Waals surface area (Å²) in [5.74, 6) is -0.326. The van der Waals surface area contributed by atoms with E-state index in [2.05, 4.69) is 20.8 Å². The molecule has 21 heavy (non-hydrogen) atoms. The van der Waals surface area contributed by atoms with Crippen molar-refractivity contribution in [3.63, 3.8) is 0 Å². The van der Waals surface area contributed by atoms with Gasteiger partial charge in [-0.1, -0.05) is 6.42 Å². The van der Waals surface area contributed by atoms with Crippen LogP contribution in [0.3, 0.4) is 0 Å². The van der Waals surface area contributed by atoms with E-state index in [0.29, 0.717) is 16.1 Å². The van der Waals surface area contributed by atoms with Crippen LogP contribution in [0, 0.1) is 5.82 Å². The van der Waals surface area contributed by atoms with Crippen molar-refractivity contribution in [2.75, 3.05) is 26.2 Å². The molecule has 2 aliphatic heterocycles. The molecular weight excluding hydrogens is 335 g/mol. The predicted octanol–water partition coefficient (Wildman–Crippen LogP) is 3.29. The van der Waals surface area contributed by atoms with E-state index in [1.165, 1.54) is 31.4 Å². The molecular formula is C16H20BrFN2O. The van der Waals surface area contributed by atoms with Crippen LogP contribution in [-0.4, -0.2) is 47.9 Å². The SMILES string of the molecule is O=C(c1ccc(F)cc1Br)N1CCC(N2CCCCC2)C1. The number of likely N-dealkylation sites (tertiary alicyclic amines) is 2. The highest BCUT2D eigenvalue weighted by Gasteiger charge is 2.31. The molecule has 0 saturated carbocycles. The van der Waals surface area contributed by atoms with Crippen molar-refractivity contribution < 1.29 is 9.18 Å². The lowest BCUT2D eigenvalue weighted by Crippen LogP contribution is -2.41. The Hall–Kier alpha value is -0.940. The maximum Gasteiger partial charge on any atom is 0.255 e. The Morgan fingerprint density at radius 3 is 2.67 bits per heavy atom. The second-order valence-corrected chi connectivity index (χ2v) is 6.77. The molecule has 5 heteroatoms. The van der Waals surface area contributed by atoms with Crippen LogP contribution in [0.15, 0.2) is 22.7 Å². The van der Waals surface area contributed by atoms with Gasteiger partial charge >= 0.3 is 0 Å². The van der Waals surface area contributed by atoms with Gasteiger partial charge < -0.3 is 4.90 Å². The van der Waals surface area contributed by atoms with Gasteiger partial charge in [-0.05, 0) is 66.5 Å². The van der Waals surface area contributed by atoms with E-state index < -0.39 is 0 Å². The number of carbonyl (C=O) groups is 1. The Kier molecular flexibility index (Phi) is 4.60. The molecule has 1 amide bonds. The average molecular weight is 355 g/mol. The van der Waals surface area contributed by atoms with Gasteiger partial charge in [-0.15, -0.1) is 0 Å². The predicted molar refractivity (Wildman–Crippen MR) is 83.8 cm³/mol. The van der Waals surface area contributed by atoms with E-state index >= 15 is 0 Å². The fourth-order valence-corrected chi connectivity index (χ4v) is 3.86. The lowest BCUT2D eigenvalue weighted by Gasteiger charge is -2.32. The maximum atomic E-state index is 13.1. The van der Waals surface area contributed by atoms with Gasteiger partial charge in [0.25, 0.3) is 5.91 Å². The molecule has 2 fully saturated rings. The highest BCUT2D eigenvalue weighted by Crippen LogP contribution is 2.24. The number of halogens is 2. The van der Waals surface area contributed by atoms with Gasteiger partial charge in [-0.3, -0.25) is 9.69 Å². The standard InChI is InChI=1S/C16H20BrFN2O/c17-15-10-12(18)4-5-14(15)16(21)20-9-6-13(11-20)19-7-2-1-3-8-19/h4-5,10,13H,1-3,6-9,11H2. The van der Waals surface area contributed by atoms with Crippen LogP contribution >= 0.6 is 15.9 Å². The van der Waals surface area contributed by atoms with E-state index in [9.17, 15) is 9.18 Å². The molecule has 0 spiro atoms. The molecule has 3 rings (SSSR count). The Morgan fingerprint density at radius 2 is 1.95 bits per heavy atom. The molecule has 0 bridgehead atoms. The third-order valence-corrected chi connectivity index (χ3v) is 5.18. The number of hydrogen-bond acceptors (Lipinski definition) is 2. The largest absolute Gasteiger partial charge is 0.337 e. The van der Waals surface area contributed by atoms with Crippen LogP contribution in [0.1, 0.15) is 36.0 Å². The molecule has 1 unspecified atom stereocenters. The number of rotatable bonds is 2. The second kappa shape index (κ2) is 6.44. The minimum atomic E-state index is -0.328. The first kappa shape index (κ1) is 15.0. The van der Waals surface area contributed by atoms with Crippen LogP contribution in [0.4, 0.5) is 4.39 Å². The molecule has 114 valence electrons. The van der Waals surface area contributed by atoms with E-state index in [-0.39, 0.29) is 11.7 Å². The molecule has 1 aromatic rings. The number of piperidine rings is 1. The van der Waals surface area contributed by atoms with Gasteiger partial charge in [0.15, 0.2) is 0 Å². The Balaban J connectivity index is 1.66. The average Bonchev–Trinajstić information content (AvgIpc) is 2.97. The number of hydrogen-bond donors (Lipinski definition) is 0. The van der Waals surface area contributed by atoms with Gasteiger partial charge in [0.1, 0.15) is 5.82 Å². The second-order valence-electron chi connectivity index (χ2n) is 5.91. The molecule has 1 atom stereocenters. The summed E-state index contributed by atoms with van der Waals surface area (Å²) in [6.45, 7) is 3.91. The molecule has 0 aromatic heterocycles. The van der Waals surface area contributed by atoms with E-state index in [0.717, 1.165) is 32.6 Å². The highest BCUT2D eigenvalue weighted by molar-refractivity contribution is 9.10. The fourth-order valence-electron chi connectivity index (χ4n) is 3.34. The van der Waals surface area contributed by atoms with Crippen molar-refractivity contribution in [1.29, 1.82) is 0 Å². The minimum Gasteiger partial charge on any atom is -0.337 e. The summed E-state index contributed by atoms with van der Waals surface area (Å²) >= 11 is 3.29. The summed E-state index contributed by atoms with van der Waals surface area (Å²) in [4.78, 5) is 17.0. The Bertz CT molecular complexity index is 531. The topological polar surface area (TPSA) is 23.6 Å². The zero-order chi connectivity index (χ0) is 14.8. The lowest BCUT2D eigenvalue weighted by molar-refractivity contribution is 0.0770. The first-order chi connectivity index (χ1) is 10.1. The Morgan fingerprint density at radius 1 is 1.19 bits per heavy atom. The molecule has 2 heterocycles. The summed E-state index contributed by atoms with van der Waals surface area (Å²) in [6, 6.07) is 4.76. The minimum absolute atomic E-state index is 0.00128. The molecule has 0 N–H and O–H groups in total. The van der Waals surface area contributed by atoms with Gasteiger partial charge in [-0.2, -0.15) is 0 Å². The van der Waals surface area contributed by atoms with Crippen molar-refractivity contribution in [2.45, 2.75) is 31.7 Å². The molecule has 0 aliphatic carbocycles. The third kappa shape index (κ3) is 3.29. The smallest absolute Gasteiger partial charge is 0.255 e. The van der Waals surface area contributed by atoms with Crippen LogP contribution in [-0.2, 0) is 0 Å². The molecule has 2 saturated heterocycles. The Labute approximate surface area is 133 Å². The normalized spacial score (nSPS) is 23.5. The van der Waals surface area contributed by atoms with Crippen LogP contribution in [0.2, 0.25) is 0 Å². The van der Waals surface area contributed by atoms with Crippen molar-refractivity contribution in [1.82, 2.24) is 9.80 Å². The van der Waals surface area contributed by atoms with Gasteiger partial charge in [0, 0.05) is 23.6 Å². The van der Waals surface area contributed by atoms with Gasteiger partial charge in [-0.25, -0.2) is 4.39 Å². The summed E-state index contributed by atoms with van der Waals surface area (Å²) in [5.41, 5.74) is 0.552. The number of nitrogens with zero attached hydrogens (tertiary/aromatic N) is 2. The molecule has 3 nitrogen and oxygen atoms in total. The van der Waals surface area contributed by atoms with E-state index in [1.54, 1.807) is 6.07 Å². The van der Waals surface area contributed by atoms with E-state index in [4.69, 9.17) is 0 Å². The van der Waals surface area contributed by atoms with Crippen LogP contribution in [0.5, 0.6) is 0 Å². The first-order valence-corrected chi connectivity index (χ1v) is 8.43. The number of amides is 1. The monoisotopic (exact) mass is 354 g/mol. The van der Waals surface area contributed by atoms with Gasteiger partial charge in [0.2, 0.25) is 0 Å². The lowest BCUT2D eigenvalue weighted by atomic mass is 10.1. The maximum absolute atomic E-state index is 13.1. The van der Waals surface area contributed by atoms with Crippen molar-refractivity contribution >= 4 is 21.8 Å². The zero-order valence-electron chi connectivity index (χ0n) is 12.0. The molecule has 0 radical (unpaired) electrons. The summed E-state index contributed by atoms with van der Waals surface area (Å²) in [5, 5.41) is 0. The van der Waals surface area contributed by atoms with Crippen molar-refractivity contribution in [3.8, 4) is 0 Å². The van der Waals surface area contributed by atoms with E-state index in [1.807, 2.05) is 4.90 Å². The van der Waals surface area contributed by atoms with Crippen LogP contribution < -0.4 is 0 Å². The fraction of sp³-hybridized carbons (Fsp3) is 0.562. The van der Waals surface area contributed by atoms with Crippen molar-refractivity contribution in [2.24, 2.45) is 0 Å². The molecule has 2 aliphatic rings. The summed E-state index contributed by atoms with van der Waals surface area (Å²) in [7, 11) is 0. The van der Waals surface area contributed by atoms with Gasteiger partial charge in [0.05, 0.1) is 5.56 Å². The zero-order valence-corrected chi connectivity index (χ0v) is 13.6. The number of benzene rings is 1. The highest BCUT2D eigenvalue weighted by atomic mass is 79.9. The molecule has 1 aromatic carbocycles. The van der Waals surface area contributed by atoms with Crippen molar-refractivity contribution in [3.05, 3.63) is 34.1 Å². The number of carbonyl (C=O) groups excluding carboxylic acids is 1. The first-order valence-electron chi connectivity index (χ1n) is 7.63. The van der Waals surface area contributed by atoms with Crippen LogP contribution in [0.25, 0.3) is 0 Å². The summed E-state index contributed by atoms with van der Waals surface area (Å²) < 4.78 is 13.7. The quantitative estimate of drug-likeness (QED) is 0.813.